The lowest BCUT2D eigenvalue weighted by atomic mass is 10.2. The Morgan fingerprint density at radius 3 is 3.00 bits per heavy atom. The summed E-state index contributed by atoms with van der Waals surface area (Å²) in [6, 6.07) is -0.733. The van der Waals surface area contributed by atoms with E-state index >= 15 is 0 Å². The summed E-state index contributed by atoms with van der Waals surface area (Å²) in [5.74, 6) is -1.12. The molecule has 18 heavy (non-hydrogen) atoms. The van der Waals surface area contributed by atoms with Crippen LogP contribution in [-0.4, -0.2) is 74.5 Å². The van der Waals surface area contributed by atoms with Gasteiger partial charge in [-0.25, -0.2) is 0 Å². The Hall–Kier alpha value is -1.18. The van der Waals surface area contributed by atoms with Crippen LogP contribution in [0, 0.1) is 0 Å². The lowest BCUT2D eigenvalue weighted by Crippen LogP contribution is -2.53. The lowest BCUT2D eigenvalue weighted by molar-refractivity contribution is -0.150. The van der Waals surface area contributed by atoms with Gasteiger partial charge in [0.15, 0.2) is 0 Å². The maximum absolute atomic E-state index is 11.6. The van der Waals surface area contributed by atoms with E-state index in [9.17, 15) is 9.59 Å². The Morgan fingerprint density at radius 2 is 2.33 bits per heavy atom. The van der Waals surface area contributed by atoms with E-state index in [4.69, 9.17) is 14.6 Å². The standard InChI is InChI=1S/C11H20N2O5/c1-17-5-2-3-12-10(14)7-13-4-6-18-8-9(13)11(15)16/h9H,2-8H2,1H3,(H,12,14)(H,15,16). The number of carbonyl (C=O) groups excluding carboxylic acids is 1. The predicted octanol–water partition coefficient (Wildman–Crippen LogP) is -1.08. The van der Waals surface area contributed by atoms with Crippen LogP contribution in [0.2, 0.25) is 0 Å². The molecule has 7 heteroatoms. The summed E-state index contributed by atoms with van der Waals surface area (Å²) in [5, 5.41) is 11.7. The molecular formula is C11H20N2O5. The zero-order valence-corrected chi connectivity index (χ0v) is 10.6. The van der Waals surface area contributed by atoms with E-state index in [0.29, 0.717) is 26.3 Å². The van der Waals surface area contributed by atoms with Crippen LogP contribution >= 0.6 is 0 Å². The first-order valence-corrected chi connectivity index (χ1v) is 5.95. The largest absolute Gasteiger partial charge is 0.480 e. The molecule has 1 saturated heterocycles. The molecule has 0 aromatic heterocycles. The van der Waals surface area contributed by atoms with Gasteiger partial charge in [-0.1, -0.05) is 0 Å². The zero-order valence-electron chi connectivity index (χ0n) is 10.6. The first-order chi connectivity index (χ1) is 8.65. The van der Waals surface area contributed by atoms with Crippen molar-refractivity contribution in [1.82, 2.24) is 10.2 Å². The number of carbonyl (C=O) groups is 2. The molecule has 0 aromatic carbocycles. The summed E-state index contributed by atoms with van der Waals surface area (Å²) in [7, 11) is 1.60. The van der Waals surface area contributed by atoms with Gasteiger partial charge in [-0.15, -0.1) is 0 Å². The van der Waals surface area contributed by atoms with Crippen LogP contribution in [0.4, 0.5) is 0 Å². The molecule has 0 aliphatic carbocycles. The molecule has 1 fully saturated rings. The number of amides is 1. The molecule has 0 bridgehead atoms. The number of carboxylic acids is 1. The van der Waals surface area contributed by atoms with E-state index in [1.165, 1.54) is 0 Å². The highest BCUT2D eigenvalue weighted by atomic mass is 16.5. The van der Waals surface area contributed by atoms with Crippen molar-refractivity contribution >= 4 is 11.9 Å². The van der Waals surface area contributed by atoms with E-state index in [1.807, 2.05) is 0 Å². The van der Waals surface area contributed by atoms with Gasteiger partial charge in [0.2, 0.25) is 5.91 Å². The van der Waals surface area contributed by atoms with Crippen LogP contribution in [0.3, 0.4) is 0 Å². The lowest BCUT2D eigenvalue weighted by Gasteiger charge is -2.32. The van der Waals surface area contributed by atoms with E-state index in [0.717, 1.165) is 6.42 Å². The summed E-state index contributed by atoms with van der Waals surface area (Å²) in [5.41, 5.74) is 0. The highest BCUT2D eigenvalue weighted by Crippen LogP contribution is 2.06. The average Bonchev–Trinajstić information content (AvgIpc) is 2.35. The number of hydrogen-bond acceptors (Lipinski definition) is 5. The minimum Gasteiger partial charge on any atom is -0.480 e. The van der Waals surface area contributed by atoms with Crippen LogP contribution in [-0.2, 0) is 19.1 Å². The van der Waals surface area contributed by atoms with Crippen molar-refractivity contribution in [2.75, 3.05) is 46.6 Å². The highest BCUT2D eigenvalue weighted by Gasteiger charge is 2.30. The molecular weight excluding hydrogens is 240 g/mol. The van der Waals surface area contributed by atoms with Gasteiger partial charge in [0.25, 0.3) is 0 Å². The van der Waals surface area contributed by atoms with E-state index in [1.54, 1.807) is 12.0 Å². The molecule has 1 aliphatic rings. The molecule has 1 amide bonds. The van der Waals surface area contributed by atoms with Gasteiger partial charge in [0.05, 0.1) is 19.8 Å². The van der Waals surface area contributed by atoms with Crippen molar-refractivity contribution < 1.29 is 24.2 Å². The summed E-state index contributed by atoms with van der Waals surface area (Å²) in [4.78, 5) is 24.2. The SMILES string of the molecule is COCCCNC(=O)CN1CCOCC1C(=O)O. The number of methoxy groups -OCH3 is 1. The number of morpholine rings is 1. The third kappa shape index (κ3) is 4.99. The predicted molar refractivity (Wildman–Crippen MR) is 63.3 cm³/mol. The fraction of sp³-hybridized carbons (Fsp3) is 0.818. The molecule has 0 aromatic rings. The van der Waals surface area contributed by atoms with Crippen molar-refractivity contribution in [1.29, 1.82) is 0 Å². The highest BCUT2D eigenvalue weighted by molar-refractivity contribution is 5.80. The molecule has 1 atom stereocenters. The Morgan fingerprint density at radius 1 is 1.56 bits per heavy atom. The summed E-state index contributed by atoms with van der Waals surface area (Å²) in [6.07, 6.45) is 0.744. The average molecular weight is 260 g/mol. The topological polar surface area (TPSA) is 88.1 Å². The van der Waals surface area contributed by atoms with Gasteiger partial charge in [0.1, 0.15) is 6.04 Å². The van der Waals surface area contributed by atoms with E-state index in [2.05, 4.69) is 5.32 Å². The van der Waals surface area contributed by atoms with Crippen molar-refractivity contribution in [3.8, 4) is 0 Å². The molecule has 1 aliphatic heterocycles. The minimum atomic E-state index is -0.957. The maximum atomic E-state index is 11.6. The second-order valence-electron chi connectivity index (χ2n) is 4.10. The summed E-state index contributed by atoms with van der Waals surface area (Å²) < 4.78 is 9.96. The van der Waals surface area contributed by atoms with Crippen molar-refractivity contribution in [3.63, 3.8) is 0 Å². The smallest absolute Gasteiger partial charge is 0.323 e. The maximum Gasteiger partial charge on any atom is 0.323 e. The number of nitrogens with zero attached hydrogens (tertiary/aromatic N) is 1. The summed E-state index contributed by atoms with van der Waals surface area (Å²) >= 11 is 0. The van der Waals surface area contributed by atoms with Gasteiger partial charge in [-0.3, -0.25) is 14.5 Å². The number of rotatable bonds is 7. The number of aliphatic carboxylic acids is 1. The molecule has 1 heterocycles. The monoisotopic (exact) mass is 260 g/mol. The molecule has 0 spiro atoms. The minimum absolute atomic E-state index is 0.0906. The van der Waals surface area contributed by atoms with Crippen LogP contribution in [0.25, 0.3) is 0 Å². The second kappa shape index (κ2) is 8.02. The van der Waals surface area contributed by atoms with E-state index in [-0.39, 0.29) is 19.1 Å². The summed E-state index contributed by atoms with van der Waals surface area (Å²) in [6.45, 7) is 2.27. The third-order valence-electron chi connectivity index (χ3n) is 2.72. The first-order valence-electron chi connectivity index (χ1n) is 5.95. The molecule has 1 rings (SSSR count). The molecule has 1 unspecified atom stereocenters. The van der Waals surface area contributed by atoms with Crippen LogP contribution in [0.15, 0.2) is 0 Å². The first kappa shape index (κ1) is 14.9. The van der Waals surface area contributed by atoms with Gasteiger partial charge in [-0.05, 0) is 6.42 Å². The molecule has 0 saturated carbocycles. The van der Waals surface area contributed by atoms with Crippen molar-refractivity contribution in [2.45, 2.75) is 12.5 Å². The quantitative estimate of drug-likeness (QED) is 0.566. The number of nitrogens with one attached hydrogen (secondary N) is 1. The van der Waals surface area contributed by atoms with Gasteiger partial charge < -0.3 is 19.9 Å². The fourth-order valence-corrected chi connectivity index (χ4v) is 1.74. The van der Waals surface area contributed by atoms with Gasteiger partial charge in [0, 0.05) is 26.8 Å². The number of ether oxygens (including phenoxy) is 2. The van der Waals surface area contributed by atoms with Crippen molar-refractivity contribution in [2.24, 2.45) is 0 Å². The Balaban J connectivity index is 2.30. The Kier molecular flexibility index (Phi) is 6.63. The zero-order chi connectivity index (χ0) is 13.4. The van der Waals surface area contributed by atoms with Gasteiger partial charge in [-0.2, -0.15) is 0 Å². The molecule has 7 nitrogen and oxygen atoms in total. The van der Waals surface area contributed by atoms with Crippen molar-refractivity contribution in [3.05, 3.63) is 0 Å². The van der Waals surface area contributed by atoms with Gasteiger partial charge >= 0.3 is 5.97 Å². The Labute approximate surface area is 106 Å². The van der Waals surface area contributed by atoms with E-state index < -0.39 is 12.0 Å². The van der Waals surface area contributed by atoms with Crippen LogP contribution in [0.1, 0.15) is 6.42 Å². The van der Waals surface area contributed by atoms with Crippen LogP contribution < -0.4 is 5.32 Å². The molecule has 2 N–H and O–H groups in total. The third-order valence-corrected chi connectivity index (χ3v) is 2.72. The fourth-order valence-electron chi connectivity index (χ4n) is 1.74. The Bertz CT molecular complexity index is 285. The molecule has 104 valence electrons. The number of hydrogen-bond donors (Lipinski definition) is 2. The number of carboxylic acid groups (broad SMARTS) is 1. The van der Waals surface area contributed by atoms with Crippen LogP contribution in [0.5, 0.6) is 0 Å². The second-order valence-corrected chi connectivity index (χ2v) is 4.10. The normalized spacial score (nSPS) is 20.6. The molecule has 0 radical (unpaired) electrons.